The molecule has 2 aromatic heterocycles. The number of pyridine rings is 1. The van der Waals surface area contributed by atoms with E-state index >= 15 is 0 Å². The van der Waals surface area contributed by atoms with E-state index in [1.807, 2.05) is 18.3 Å². The molecule has 0 aliphatic carbocycles. The highest BCUT2D eigenvalue weighted by Gasteiger charge is 2.20. The van der Waals surface area contributed by atoms with Crippen molar-refractivity contribution in [1.29, 1.82) is 0 Å². The monoisotopic (exact) mass is 276 g/mol. The van der Waals surface area contributed by atoms with Gasteiger partial charge in [-0.2, -0.15) is 11.3 Å². The van der Waals surface area contributed by atoms with E-state index in [9.17, 15) is 0 Å². The molecule has 0 saturated heterocycles. The van der Waals surface area contributed by atoms with E-state index in [0.717, 1.165) is 24.4 Å². The van der Waals surface area contributed by atoms with Crippen molar-refractivity contribution in [2.24, 2.45) is 0 Å². The maximum Gasteiger partial charge on any atom is 0.142 e. The summed E-state index contributed by atoms with van der Waals surface area (Å²) in [6, 6.07) is 3.96. The Morgan fingerprint density at radius 2 is 2.26 bits per heavy atom. The fraction of sp³-hybridized carbons (Fsp3) is 0.400. The lowest BCUT2D eigenvalue weighted by atomic mass is 10.0. The van der Waals surface area contributed by atoms with Crippen LogP contribution in [0, 0.1) is 6.92 Å². The van der Waals surface area contributed by atoms with Crippen molar-refractivity contribution in [3.63, 3.8) is 0 Å². The molecule has 1 unspecified atom stereocenters. The number of aromatic nitrogens is 1. The zero-order valence-corrected chi connectivity index (χ0v) is 12.5. The average Bonchev–Trinajstić information content (AvgIpc) is 2.86. The molecule has 1 N–H and O–H groups in total. The molecule has 0 aliphatic rings. The fourth-order valence-electron chi connectivity index (χ4n) is 2.10. The minimum absolute atomic E-state index is 0.0994. The second kappa shape index (κ2) is 6.68. The lowest BCUT2D eigenvalue weighted by Gasteiger charge is -2.20. The van der Waals surface area contributed by atoms with E-state index in [4.69, 9.17) is 4.74 Å². The Kier molecular flexibility index (Phi) is 4.93. The number of hydrogen-bond donors (Lipinski definition) is 1. The van der Waals surface area contributed by atoms with Crippen molar-refractivity contribution >= 4 is 11.3 Å². The van der Waals surface area contributed by atoms with E-state index in [-0.39, 0.29) is 6.04 Å². The molecule has 0 aliphatic heterocycles. The first kappa shape index (κ1) is 14.0. The van der Waals surface area contributed by atoms with Crippen molar-refractivity contribution in [1.82, 2.24) is 10.3 Å². The number of aryl methyl sites for hydroxylation is 1. The predicted molar refractivity (Wildman–Crippen MR) is 80.0 cm³/mol. The summed E-state index contributed by atoms with van der Waals surface area (Å²) in [6.45, 7) is 5.27. The number of nitrogens with zero attached hydrogens (tertiary/aromatic N) is 1. The predicted octanol–water partition coefficient (Wildman–Crippen LogP) is 3.55. The molecule has 0 fully saturated rings. The van der Waals surface area contributed by atoms with Gasteiger partial charge in [-0.1, -0.05) is 6.92 Å². The van der Waals surface area contributed by atoms with Gasteiger partial charge in [0.2, 0.25) is 0 Å². The van der Waals surface area contributed by atoms with Crippen molar-refractivity contribution in [2.75, 3.05) is 13.7 Å². The summed E-state index contributed by atoms with van der Waals surface area (Å²) in [5, 5.41) is 7.93. The number of nitrogens with one attached hydrogen (secondary N) is 1. The molecule has 0 radical (unpaired) electrons. The van der Waals surface area contributed by atoms with Crippen LogP contribution >= 0.6 is 11.3 Å². The van der Waals surface area contributed by atoms with Gasteiger partial charge in [-0.3, -0.25) is 4.98 Å². The van der Waals surface area contributed by atoms with Crippen LogP contribution in [-0.2, 0) is 0 Å². The minimum atomic E-state index is 0.0994. The molecule has 0 aromatic carbocycles. The number of methoxy groups -OCH3 is 1. The van der Waals surface area contributed by atoms with Gasteiger partial charge in [0.15, 0.2) is 0 Å². The minimum Gasteiger partial charge on any atom is -0.495 e. The van der Waals surface area contributed by atoms with Crippen LogP contribution in [0.15, 0.2) is 29.1 Å². The van der Waals surface area contributed by atoms with Gasteiger partial charge in [-0.15, -0.1) is 0 Å². The Hall–Kier alpha value is -1.39. The van der Waals surface area contributed by atoms with E-state index in [0.29, 0.717) is 0 Å². The zero-order valence-electron chi connectivity index (χ0n) is 11.6. The van der Waals surface area contributed by atoms with Crippen LogP contribution in [0.3, 0.4) is 0 Å². The van der Waals surface area contributed by atoms with Crippen LogP contribution in [0.5, 0.6) is 5.75 Å². The third-order valence-electron chi connectivity index (χ3n) is 3.10. The molecule has 2 aromatic rings. The van der Waals surface area contributed by atoms with Crippen LogP contribution in [0.4, 0.5) is 0 Å². The van der Waals surface area contributed by atoms with E-state index in [1.165, 1.54) is 11.1 Å². The van der Waals surface area contributed by atoms with Crippen LogP contribution in [-0.4, -0.2) is 18.6 Å². The summed E-state index contributed by atoms with van der Waals surface area (Å²) in [6.07, 6.45) is 2.91. The Morgan fingerprint density at radius 3 is 2.89 bits per heavy atom. The lowest BCUT2D eigenvalue weighted by molar-refractivity contribution is 0.399. The molecule has 0 bridgehead atoms. The first-order valence-corrected chi connectivity index (χ1v) is 7.47. The smallest absolute Gasteiger partial charge is 0.142 e. The first-order valence-electron chi connectivity index (χ1n) is 6.52. The van der Waals surface area contributed by atoms with Crippen LogP contribution in [0.2, 0.25) is 0 Å². The van der Waals surface area contributed by atoms with Gasteiger partial charge >= 0.3 is 0 Å². The Morgan fingerprint density at radius 1 is 1.42 bits per heavy atom. The summed E-state index contributed by atoms with van der Waals surface area (Å²) in [5.41, 5.74) is 3.54. The highest BCUT2D eigenvalue weighted by atomic mass is 32.1. The van der Waals surface area contributed by atoms with Gasteiger partial charge in [0.25, 0.3) is 0 Å². The molecule has 1 atom stereocenters. The summed E-state index contributed by atoms with van der Waals surface area (Å²) < 4.78 is 5.45. The van der Waals surface area contributed by atoms with Gasteiger partial charge < -0.3 is 10.1 Å². The average molecular weight is 276 g/mol. The van der Waals surface area contributed by atoms with Gasteiger partial charge in [0, 0.05) is 6.20 Å². The van der Waals surface area contributed by atoms with Crippen LogP contribution in [0.1, 0.15) is 36.2 Å². The van der Waals surface area contributed by atoms with E-state index < -0.39 is 0 Å². The number of ether oxygens (including phenoxy) is 1. The van der Waals surface area contributed by atoms with Gasteiger partial charge in [-0.05, 0) is 53.9 Å². The quantitative estimate of drug-likeness (QED) is 0.876. The third-order valence-corrected chi connectivity index (χ3v) is 3.98. The summed E-state index contributed by atoms with van der Waals surface area (Å²) in [7, 11) is 1.69. The van der Waals surface area contributed by atoms with Crippen molar-refractivity contribution < 1.29 is 4.74 Å². The zero-order chi connectivity index (χ0) is 13.7. The van der Waals surface area contributed by atoms with Crippen molar-refractivity contribution in [2.45, 2.75) is 26.3 Å². The largest absolute Gasteiger partial charge is 0.495 e. The highest BCUT2D eigenvalue weighted by molar-refractivity contribution is 7.08. The van der Waals surface area contributed by atoms with Gasteiger partial charge in [-0.25, -0.2) is 0 Å². The molecular formula is C15H20N2OS. The van der Waals surface area contributed by atoms with Crippen molar-refractivity contribution in [3.8, 4) is 5.75 Å². The molecule has 0 spiro atoms. The van der Waals surface area contributed by atoms with Gasteiger partial charge in [0.1, 0.15) is 11.4 Å². The molecule has 0 amide bonds. The van der Waals surface area contributed by atoms with E-state index in [1.54, 1.807) is 18.4 Å². The van der Waals surface area contributed by atoms with Gasteiger partial charge in [0.05, 0.1) is 13.2 Å². The molecule has 19 heavy (non-hydrogen) atoms. The molecule has 102 valence electrons. The first-order chi connectivity index (χ1) is 9.27. The second-order valence-electron chi connectivity index (χ2n) is 4.49. The lowest BCUT2D eigenvalue weighted by Crippen LogP contribution is -2.24. The summed E-state index contributed by atoms with van der Waals surface area (Å²) in [4.78, 5) is 4.52. The maximum absolute atomic E-state index is 5.45. The molecule has 0 saturated carbocycles. The molecular weight excluding hydrogens is 256 g/mol. The summed E-state index contributed by atoms with van der Waals surface area (Å²) in [5.74, 6) is 0.835. The van der Waals surface area contributed by atoms with E-state index in [2.05, 4.69) is 34.9 Å². The third kappa shape index (κ3) is 3.14. The van der Waals surface area contributed by atoms with Crippen molar-refractivity contribution in [3.05, 3.63) is 45.9 Å². The standard InChI is InChI=1S/C15H20N2OS/c1-4-7-16-14(12-10-19-9-11(12)2)15-13(18-3)6-5-8-17-15/h5-6,8-10,14,16H,4,7H2,1-3H3. The molecule has 4 heteroatoms. The Balaban J connectivity index is 2.40. The fourth-order valence-corrected chi connectivity index (χ4v) is 2.98. The SMILES string of the molecule is CCCNC(c1cscc1C)c1ncccc1OC. The Bertz CT molecular complexity index is 524. The summed E-state index contributed by atoms with van der Waals surface area (Å²) >= 11 is 1.73. The van der Waals surface area contributed by atoms with Crippen LogP contribution < -0.4 is 10.1 Å². The maximum atomic E-state index is 5.45. The highest BCUT2D eigenvalue weighted by Crippen LogP contribution is 2.31. The molecule has 2 rings (SSSR count). The number of thiophene rings is 1. The Labute approximate surface area is 118 Å². The number of rotatable bonds is 6. The normalized spacial score (nSPS) is 12.4. The topological polar surface area (TPSA) is 34.2 Å². The number of hydrogen-bond acceptors (Lipinski definition) is 4. The molecule has 3 nitrogen and oxygen atoms in total. The molecule has 2 heterocycles. The second-order valence-corrected chi connectivity index (χ2v) is 5.23. The van der Waals surface area contributed by atoms with Crippen LogP contribution in [0.25, 0.3) is 0 Å².